The van der Waals surface area contributed by atoms with Crippen LogP contribution in [0, 0.1) is 0 Å². The van der Waals surface area contributed by atoms with Crippen LogP contribution in [-0.4, -0.2) is 44.4 Å². The molecule has 0 fully saturated rings. The number of hydrogen-bond donors (Lipinski definition) is 2. The van der Waals surface area contributed by atoms with Crippen molar-refractivity contribution in [1.29, 1.82) is 0 Å². The van der Waals surface area contributed by atoms with E-state index >= 15 is 0 Å². The number of H-pyrrole nitrogens is 1. The standard InChI is InChI=1S/C8H15N3O3S/c1-14-4-5-15(12,13)11-3-2-8-6-9-7-10-8/h6-7,11H,2-5H2,1H3,(H,9,10). The lowest BCUT2D eigenvalue weighted by Crippen LogP contribution is -2.30. The minimum Gasteiger partial charge on any atom is -0.384 e. The minimum absolute atomic E-state index is 0.00746. The number of ether oxygens (including phenoxy) is 1. The zero-order valence-corrected chi connectivity index (χ0v) is 9.38. The molecule has 6 nitrogen and oxygen atoms in total. The van der Waals surface area contributed by atoms with Gasteiger partial charge in [-0.25, -0.2) is 18.1 Å². The zero-order valence-electron chi connectivity index (χ0n) is 8.56. The van der Waals surface area contributed by atoms with Gasteiger partial charge >= 0.3 is 0 Å². The molecule has 0 aliphatic heterocycles. The molecule has 1 aromatic heterocycles. The molecule has 0 atom stereocenters. The quantitative estimate of drug-likeness (QED) is 0.666. The summed E-state index contributed by atoms with van der Waals surface area (Å²) in [5, 5.41) is 0. The number of aromatic nitrogens is 2. The van der Waals surface area contributed by atoms with E-state index in [-0.39, 0.29) is 12.4 Å². The highest BCUT2D eigenvalue weighted by molar-refractivity contribution is 7.89. The number of methoxy groups -OCH3 is 1. The van der Waals surface area contributed by atoms with E-state index in [1.165, 1.54) is 7.11 Å². The second kappa shape index (κ2) is 5.84. The van der Waals surface area contributed by atoms with Crippen molar-refractivity contribution in [2.24, 2.45) is 0 Å². The van der Waals surface area contributed by atoms with Crippen molar-refractivity contribution >= 4 is 10.0 Å². The third-order valence-electron chi connectivity index (χ3n) is 1.83. The molecular weight excluding hydrogens is 218 g/mol. The van der Waals surface area contributed by atoms with Crippen LogP contribution in [0.15, 0.2) is 12.5 Å². The van der Waals surface area contributed by atoms with Gasteiger partial charge in [-0.2, -0.15) is 0 Å². The summed E-state index contributed by atoms with van der Waals surface area (Å²) < 4.78 is 29.8. The highest BCUT2D eigenvalue weighted by Crippen LogP contribution is 1.92. The highest BCUT2D eigenvalue weighted by atomic mass is 32.2. The molecule has 0 amide bonds. The number of hydrogen-bond acceptors (Lipinski definition) is 4. The van der Waals surface area contributed by atoms with E-state index < -0.39 is 10.0 Å². The Bertz CT molecular complexity index is 360. The largest absolute Gasteiger partial charge is 0.384 e. The fourth-order valence-electron chi connectivity index (χ4n) is 1.03. The van der Waals surface area contributed by atoms with Crippen molar-refractivity contribution in [3.05, 3.63) is 18.2 Å². The Morgan fingerprint density at radius 1 is 1.60 bits per heavy atom. The van der Waals surface area contributed by atoms with Gasteiger partial charge in [-0.3, -0.25) is 0 Å². The minimum atomic E-state index is -3.21. The summed E-state index contributed by atoms with van der Waals surface area (Å²) in [5.41, 5.74) is 0.907. The van der Waals surface area contributed by atoms with E-state index in [4.69, 9.17) is 4.74 Å². The number of sulfonamides is 1. The van der Waals surface area contributed by atoms with Crippen molar-refractivity contribution < 1.29 is 13.2 Å². The van der Waals surface area contributed by atoms with Gasteiger partial charge in [0.25, 0.3) is 0 Å². The first-order valence-corrected chi connectivity index (χ1v) is 6.23. The first-order valence-electron chi connectivity index (χ1n) is 4.57. The van der Waals surface area contributed by atoms with Gasteiger partial charge in [0.15, 0.2) is 0 Å². The molecule has 0 saturated carbocycles. The molecule has 0 radical (unpaired) electrons. The Morgan fingerprint density at radius 2 is 2.40 bits per heavy atom. The third-order valence-corrected chi connectivity index (χ3v) is 3.18. The second-order valence-electron chi connectivity index (χ2n) is 3.03. The molecule has 0 aliphatic rings. The van der Waals surface area contributed by atoms with Gasteiger partial charge < -0.3 is 9.72 Å². The van der Waals surface area contributed by atoms with E-state index in [9.17, 15) is 8.42 Å². The number of rotatable bonds is 7. The summed E-state index contributed by atoms with van der Waals surface area (Å²) in [5.74, 6) is -0.00746. The Hall–Kier alpha value is -0.920. The van der Waals surface area contributed by atoms with E-state index in [2.05, 4.69) is 14.7 Å². The monoisotopic (exact) mass is 233 g/mol. The molecule has 1 rings (SSSR count). The number of imidazole rings is 1. The van der Waals surface area contributed by atoms with Crippen molar-refractivity contribution in [3.8, 4) is 0 Å². The molecule has 86 valence electrons. The zero-order chi connectivity index (χ0) is 11.1. The van der Waals surface area contributed by atoms with Crippen LogP contribution in [0.1, 0.15) is 5.69 Å². The van der Waals surface area contributed by atoms with Crippen LogP contribution in [0.3, 0.4) is 0 Å². The topological polar surface area (TPSA) is 84.1 Å². The average Bonchev–Trinajstić information content (AvgIpc) is 2.67. The Balaban J connectivity index is 2.24. The maximum Gasteiger partial charge on any atom is 0.213 e. The molecule has 0 spiro atoms. The van der Waals surface area contributed by atoms with Crippen molar-refractivity contribution in [1.82, 2.24) is 14.7 Å². The summed E-state index contributed by atoms with van der Waals surface area (Å²) in [6.07, 6.45) is 3.84. The van der Waals surface area contributed by atoms with Crippen LogP contribution in [0.25, 0.3) is 0 Å². The van der Waals surface area contributed by atoms with Gasteiger partial charge in [-0.15, -0.1) is 0 Å². The van der Waals surface area contributed by atoms with Crippen molar-refractivity contribution in [2.75, 3.05) is 26.0 Å². The number of nitrogens with one attached hydrogen (secondary N) is 2. The van der Waals surface area contributed by atoms with Crippen LogP contribution in [0.4, 0.5) is 0 Å². The summed E-state index contributed by atoms with van der Waals surface area (Å²) in [4.78, 5) is 6.73. The Morgan fingerprint density at radius 3 is 3.00 bits per heavy atom. The van der Waals surface area contributed by atoms with Crippen LogP contribution in [0.5, 0.6) is 0 Å². The van der Waals surface area contributed by atoms with E-state index in [0.717, 1.165) is 5.69 Å². The van der Waals surface area contributed by atoms with Crippen LogP contribution in [-0.2, 0) is 21.2 Å². The third kappa shape index (κ3) is 4.91. The van der Waals surface area contributed by atoms with Crippen LogP contribution < -0.4 is 4.72 Å². The van der Waals surface area contributed by atoms with Gasteiger partial charge in [0, 0.05) is 32.0 Å². The van der Waals surface area contributed by atoms with Crippen LogP contribution >= 0.6 is 0 Å². The van der Waals surface area contributed by atoms with E-state index in [1.54, 1.807) is 12.5 Å². The lowest BCUT2D eigenvalue weighted by atomic mass is 10.3. The Labute approximate surface area is 89.1 Å². The normalized spacial score (nSPS) is 11.8. The second-order valence-corrected chi connectivity index (χ2v) is 4.96. The molecular formula is C8H15N3O3S. The maximum atomic E-state index is 11.3. The summed E-state index contributed by atoms with van der Waals surface area (Å²) in [7, 11) is -1.73. The molecule has 0 bridgehead atoms. The smallest absolute Gasteiger partial charge is 0.213 e. The molecule has 0 aliphatic carbocycles. The van der Waals surface area contributed by atoms with Gasteiger partial charge in [-0.1, -0.05) is 0 Å². The van der Waals surface area contributed by atoms with Gasteiger partial charge in [-0.05, 0) is 0 Å². The molecule has 1 aromatic rings. The molecule has 0 saturated heterocycles. The molecule has 1 heterocycles. The first-order chi connectivity index (χ1) is 7.14. The lowest BCUT2D eigenvalue weighted by Gasteiger charge is -2.04. The maximum absolute atomic E-state index is 11.3. The Kier molecular flexibility index (Phi) is 4.73. The first kappa shape index (κ1) is 12.2. The van der Waals surface area contributed by atoms with Gasteiger partial charge in [0.1, 0.15) is 0 Å². The number of nitrogens with zero attached hydrogens (tertiary/aromatic N) is 1. The van der Waals surface area contributed by atoms with E-state index in [0.29, 0.717) is 13.0 Å². The van der Waals surface area contributed by atoms with Crippen LogP contribution in [0.2, 0.25) is 0 Å². The fraction of sp³-hybridized carbons (Fsp3) is 0.625. The average molecular weight is 233 g/mol. The van der Waals surface area contributed by atoms with Crippen molar-refractivity contribution in [3.63, 3.8) is 0 Å². The van der Waals surface area contributed by atoms with Crippen molar-refractivity contribution in [2.45, 2.75) is 6.42 Å². The highest BCUT2D eigenvalue weighted by Gasteiger charge is 2.08. The molecule has 15 heavy (non-hydrogen) atoms. The predicted octanol–water partition coefficient (Wildman–Crippen LogP) is -0.482. The van der Waals surface area contributed by atoms with Gasteiger partial charge in [0.2, 0.25) is 10.0 Å². The summed E-state index contributed by atoms with van der Waals surface area (Å²) in [6, 6.07) is 0. The number of aromatic amines is 1. The van der Waals surface area contributed by atoms with E-state index in [1.807, 2.05) is 0 Å². The fourth-order valence-corrected chi connectivity index (χ4v) is 1.97. The predicted molar refractivity (Wildman–Crippen MR) is 56.0 cm³/mol. The summed E-state index contributed by atoms with van der Waals surface area (Å²) in [6.45, 7) is 0.577. The molecule has 2 N–H and O–H groups in total. The lowest BCUT2D eigenvalue weighted by molar-refractivity contribution is 0.217. The SMILES string of the molecule is COCCS(=O)(=O)NCCc1cnc[nH]1. The molecule has 0 unspecified atom stereocenters. The van der Waals surface area contributed by atoms with Gasteiger partial charge in [0.05, 0.1) is 18.7 Å². The molecule has 7 heteroatoms. The molecule has 0 aromatic carbocycles. The summed E-state index contributed by atoms with van der Waals surface area (Å²) >= 11 is 0.